The molecular formula is C17H14F6N2O2S. The van der Waals surface area contributed by atoms with Crippen molar-refractivity contribution in [1.29, 1.82) is 0 Å². The molecule has 0 bridgehead atoms. The van der Waals surface area contributed by atoms with E-state index in [0.717, 1.165) is 0 Å². The number of rotatable bonds is 4. The van der Waals surface area contributed by atoms with Gasteiger partial charge < -0.3 is 20.1 Å². The van der Waals surface area contributed by atoms with Crippen LogP contribution in [-0.2, 0) is 12.4 Å². The lowest BCUT2D eigenvalue weighted by atomic mass is 10.1. The van der Waals surface area contributed by atoms with Crippen LogP contribution in [-0.4, -0.2) is 19.3 Å². The summed E-state index contributed by atoms with van der Waals surface area (Å²) in [6, 6.07) is 5.72. The summed E-state index contributed by atoms with van der Waals surface area (Å²) in [5, 5.41) is 4.76. The van der Waals surface area contributed by atoms with Gasteiger partial charge in [0, 0.05) is 29.6 Å². The van der Waals surface area contributed by atoms with E-state index in [0.29, 0.717) is 29.3 Å². The van der Waals surface area contributed by atoms with E-state index in [1.54, 1.807) is 6.07 Å². The quantitative estimate of drug-likeness (QED) is 0.498. The van der Waals surface area contributed by atoms with E-state index in [1.165, 1.54) is 26.4 Å². The van der Waals surface area contributed by atoms with Gasteiger partial charge >= 0.3 is 12.4 Å². The molecule has 0 aliphatic carbocycles. The lowest BCUT2D eigenvalue weighted by Gasteiger charge is -2.16. The second-order valence-electron chi connectivity index (χ2n) is 5.48. The number of benzene rings is 2. The van der Waals surface area contributed by atoms with Crippen molar-refractivity contribution in [3.8, 4) is 11.5 Å². The Labute approximate surface area is 161 Å². The fourth-order valence-electron chi connectivity index (χ4n) is 2.20. The lowest BCUT2D eigenvalue weighted by molar-refractivity contribution is -0.143. The number of hydrogen-bond donors (Lipinski definition) is 2. The molecule has 0 spiro atoms. The predicted molar refractivity (Wildman–Crippen MR) is 95.8 cm³/mol. The van der Waals surface area contributed by atoms with Crippen LogP contribution in [0.4, 0.5) is 37.7 Å². The molecule has 2 rings (SSSR count). The summed E-state index contributed by atoms with van der Waals surface area (Å²) in [4.78, 5) is 0. The molecule has 0 aliphatic heterocycles. The molecule has 2 aromatic carbocycles. The minimum Gasteiger partial charge on any atom is -0.497 e. The molecule has 11 heteroatoms. The molecule has 4 nitrogen and oxygen atoms in total. The number of ether oxygens (including phenoxy) is 2. The number of thiocarbonyl (C=S) groups is 1. The Hall–Kier alpha value is -2.69. The zero-order valence-corrected chi connectivity index (χ0v) is 15.3. The first-order valence-corrected chi connectivity index (χ1v) is 7.94. The van der Waals surface area contributed by atoms with Gasteiger partial charge in [0.25, 0.3) is 0 Å². The highest BCUT2D eigenvalue weighted by atomic mass is 32.1. The van der Waals surface area contributed by atoms with Crippen LogP contribution < -0.4 is 20.1 Å². The van der Waals surface area contributed by atoms with E-state index in [-0.39, 0.29) is 11.2 Å². The van der Waals surface area contributed by atoms with Crippen molar-refractivity contribution < 1.29 is 35.8 Å². The van der Waals surface area contributed by atoms with Gasteiger partial charge in [0.1, 0.15) is 11.5 Å². The molecule has 0 atom stereocenters. The average Bonchev–Trinajstić information content (AvgIpc) is 2.59. The van der Waals surface area contributed by atoms with Gasteiger partial charge in [-0.1, -0.05) is 0 Å². The van der Waals surface area contributed by atoms with E-state index in [9.17, 15) is 26.3 Å². The smallest absolute Gasteiger partial charge is 0.416 e. The Balaban J connectivity index is 2.28. The lowest BCUT2D eigenvalue weighted by Crippen LogP contribution is -2.20. The van der Waals surface area contributed by atoms with Crippen molar-refractivity contribution in [2.24, 2.45) is 0 Å². The SMILES string of the molecule is COc1cc(NC(=S)Nc2cc(C(F)(F)F)cc(C(F)(F)F)c2)cc(OC)c1. The van der Waals surface area contributed by atoms with Crippen molar-refractivity contribution >= 4 is 28.7 Å². The van der Waals surface area contributed by atoms with E-state index in [1.807, 2.05) is 0 Å². The number of alkyl halides is 6. The molecule has 0 aromatic heterocycles. The topological polar surface area (TPSA) is 42.5 Å². The number of hydrogen-bond acceptors (Lipinski definition) is 3. The largest absolute Gasteiger partial charge is 0.497 e. The second-order valence-corrected chi connectivity index (χ2v) is 5.88. The zero-order chi connectivity index (χ0) is 21.1. The van der Waals surface area contributed by atoms with Gasteiger partial charge in [-0.2, -0.15) is 26.3 Å². The minimum atomic E-state index is -4.95. The van der Waals surface area contributed by atoms with Crippen LogP contribution in [0, 0.1) is 0 Å². The molecule has 2 aromatic rings. The Morgan fingerprint density at radius 2 is 1.11 bits per heavy atom. The molecule has 0 aliphatic rings. The molecule has 0 amide bonds. The summed E-state index contributed by atoms with van der Waals surface area (Å²) in [5.74, 6) is 0.811. The van der Waals surface area contributed by atoms with Crippen molar-refractivity contribution in [3.05, 3.63) is 47.5 Å². The Morgan fingerprint density at radius 3 is 1.46 bits per heavy atom. The van der Waals surface area contributed by atoms with E-state index < -0.39 is 29.2 Å². The summed E-state index contributed by atoms with van der Waals surface area (Å²) < 4.78 is 87.6. The van der Waals surface area contributed by atoms with Crippen LogP contribution in [0.2, 0.25) is 0 Å². The molecule has 0 saturated heterocycles. The first-order chi connectivity index (χ1) is 12.9. The van der Waals surface area contributed by atoms with Gasteiger partial charge in [0.15, 0.2) is 5.11 Å². The summed E-state index contributed by atoms with van der Waals surface area (Å²) in [6.45, 7) is 0. The van der Waals surface area contributed by atoms with Crippen molar-refractivity contribution in [3.63, 3.8) is 0 Å². The first-order valence-electron chi connectivity index (χ1n) is 7.53. The Bertz CT molecular complexity index is 813. The normalized spacial score (nSPS) is 11.7. The third-order valence-corrected chi connectivity index (χ3v) is 3.66. The Kier molecular flexibility index (Phi) is 6.27. The van der Waals surface area contributed by atoms with Crippen molar-refractivity contribution in [1.82, 2.24) is 0 Å². The second kappa shape index (κ2) is 8.13. The van der Waals surface area contributed by atoms with Gasteiger partial charge in [-0.15, -0.1) is 0 Å². The van der Waals surface area contributed by atoms with Crippen LogP contribution in [0.3, 0.4) is 0 Å². The van der Waals surface area contributed by atoms with Crippen LogP contribution in [0.15, 0.2) is 36.4 Å². The summed E-state index contributed by atoms with van der Waals surface area (Å²) in [5.41, 5.74) is -3.00. The summed E-state index contributed by atoms with van der Waals surface area (Å²) in [7, 11) is 2.83. The fraction of sp³-hybridized carbons (Fsp3) is 0.235. The Morgan fingerprint density at radius 1 is 0.714 bits per heavy atom. The predicted octanol–water partition coefficient (Wildman–Crippen LogP) is 5.55. The molecule has 152 valence electrons. The highest BCUT2D eigenvalue weighted by Crippen LogP contribution is 2.37. The van der Waals surface area contributed by atoms with Crippen molar-refractivity contribution in [2.75, 3.05) is 24.9 Å². The highest BCUT2D eigenvalue weighted by molar-refractivity contribution is 7.80. The maximum atomic E-state index is 12.9. The standard InChI is InChI=1S/C17H14F6N2O2S/c1-26-13-6-12(7-14(8-13)27-2)25-15(28)24-11-4-9(16(18,19)20)3-10(5-11)17(21,22)23/h3-8H,1-2H3,(H2,24,25,28). The van der Waals surface area contributed by atoms with Crippen LogP contribution in [0.25, 0.3) is 0 Å². The van der Waals surface area contributed by atoms with Gasteiger partial charge in [-0.05, 0) is 30.4 Å². The third-order valence-electron chi connectivity index (χ3n) is 3.45. The van der Waals surface area contributed by atoms with Crippen molar-refractivity contribution in [2.45, 2.75) is 12.4 Å². The highest BCUT2D eigenvalue weighted by Gasteiger charge is 2.37. The number of anilines is 2. The van der Waals surface area contributed by atoms with Crippen LogP contribution >= 0.6 is 12.2 Å². The van der Waals surface area contributed by atoms with Gasteiger partial charge in [-0.25, -0.2) is 0 Å². The number of nitrogens with one attached hydrogen (secondary N) is 2. The number of methoxy groups -OCH3 is 2. The van der Waals surface area contributed by atoms with Gasteiger partial charge in [0.05, 0.1) is 25.3 Å². The van der Waals surface area contributed by atoms with E-state index in [4.69, 9.17) is 21.7 Å². The summed E-state index contributed by atoms with van der Waals surface area (Å²) in [6.07, 6.45) is -9.90. The van der Waals surface area contributed by atoms with E-state index >= 15 is 0 Å². The van der Waals surface area contributed by atoms with Gasteiger partial charge in [0.2, 0.25) is 0 Å². The summed E-state index contributed by atoms with van der Waals surface area (Å²) >= 11 is 4.98. The molecule has 0 unspecified atom stereocenters. The molecule has 0 heterocycles. The van der Waals surface area contributed by atoms with Gasteiger partial charge in [-0.3, -0.25) is 0 Å². The fourth-order valence-corrected chi connectivity index (χ4v) is 2.44. The molecule has 28 heavy (non-hydrogen) atoms. The van der Waals surface area contributed by atoms with E-state index in [2.05, 4.69) is 10.6 Å². The molecule has 0 radical (unpaired) electrons. The van der Waals surface area contributed by atoms with Crippen LogP contribution in [0.5, 0.6) is 11.5 Å². The maximum Gasteiger partial charge on any atom is 0.416 e. The zero-order valence-electron chi connectivity index (χ0n) is 14.5. The van der Waals surface area contributed by atoms with Crippen LogP contribution in [0.1, 0.15) is 11.1 Å². The average molecular weight is 424 g/mol. The minimum absolute atomic E-state index is 0.0363. The molecule has 0 fully saturated rings. The molecule has 2 N–H and O–H groups in total. The maximum absolute atomic E-state index is 12.9. The molecular weight excluding hydrogens is 410 g/mol. The third kappa shape index (κ3) is 5.65. The number of halogens is 6. The monoisotopic (exact) mass is 424 g/mol. The molecule has 0 saturated carbocycles. The first kappa shape index (κ1) is 21.6.